The van der Waals surface area contributed by atoms with E-state index in [0.29, 0.717) is 44.8 Å². The van der Waals surface area contributed by atoms with E-state index in [0.717, 1.165) is 5.56 Å². The summed E-state index contributed by atoms with van der Waals surface area (Å²) in [5.74, 6) is 0.0785. The zero-order valence-electron chi connectivity index (χ0n) is 16.6. The van der Waals surface area contributed by atoms with Crippen molar-refractivity contribution in [2.24, 2.45) is 0 Å². The molecule has 0 aliphatic carbocycles. The molecular weight excluding hydrogens is 423 g/mol. The maximum Gasteiger partial charge on any atom is 0.280 e. The number of rotatable bonds is 6. The molecule has 30 heavy (non-hydrogen) atoms. The molecule has 5 nitrogen and oxygen atoms in total. The Morgan fingerprint density at radius 1 is 1.10 bits per heavy atom. The first-order valence-corrected chi connectivity index (χ1v) is 10.9. The normalized spacial score (nSPS) is 11.3. The highest BCUT2D eigenvalue weighted by Crippen LogP contribution is 2.26. The lowest BCUT2D eigenvalue weighted by atomic mass is 10.2. The minimum Gasteiger partial charge on any atom is -0.281 e. The maximum absolute atomic E-state index is 14.1. The number of aryl methyl sites for hydroxylation is 2. The van der Waals surface area contributed by atoms with E-state index in [1.54, 1.807) is 33.5 Å². The molecule has 0 aliphatic rings. The standard InChI is InChI=1S/C22H20ClFN4OS/c1-3-28-20-19(14(2)26-28)25-22(30-13-16-9-5-7-11-18(16)24)27(21(20)29)12-15-8-4-6-10-17(15)23/h4-11H,3,12-13H2,1-2H3. The van der Waals surface area contributed by atoms with Crippen molar-refractivity contribution < 1.29 is 4.39 Å². The number of aromatic nitrogens is 4. The Balaban J connectivity index is 1.84. The van der Waals surface area contributed by atoms with Gasteiger partial charge in [-0.05, 0) is 37.1 Å². The van der Waals surface area contributed by atoms with Crippen molar-refractivity contribution >= 4 is 34.4 Å². The molecule has 2 aromatic heterocycles. The van der Waals surface area contributed by atoms with Crippen molar-refractivity contribution in [2.45, 2.75) is 37.8 Å². The van der Waals surface area contributed by atoms with Crippen LogP contribution in [0, 0.1) is 12.7 Å². The Kier molecular flexibility index (Phi) is 5.92. The van der Waals surface area contributed by atoms with E-state index in [1.165, 1.54) is 17.8 Å². The van der Waals surface area contributed by atoms with Crippen LogP contribution in [0.3, 0.4) is 0 Å². The number of thioether (sulfide) groups is 1. The molecule has 0 fully saturated rings. The van der Waals surface area contributed by atoms with E-state index in [-0.39, 0.29) is 17.9 Å². The van der Waals surface area contributed by atoms with Crippen LogP contribution < -0.4 is 5.56 Å². The molecule has 0 unspecified atom stereocenters. The van der Waals surface area contributed by atoms with E-state index >= 15 is 0 Å². The lowest BCUT2D eigenvalue weighted by molar-refractivity contribution is 0.616. The fraction of sp³-hybridized carbons (Fsp3) is 0.227. The Bertz CT molecular complexity index is 1280. The quantitative estimate of drug-likeness (QED) is 0.309. The average Bonchev–Trinajstić information content (AvgIpc) is 3.07. The summed E-state index contributed by atoms with van der Waals surface area (Å²) in [6, 6.07) is 14.0. The molecule has 4 rings (SSSR count). The third kappa shape index (κ3) is 3.87. The van der Waals surface area contributed by atoms with Gasteiger partial charge in [-0.2, -0.15) is 5.10 Å². The smallest absolute Gasteiger partial charge is 0.280 e. The van der Waals surface area contributed by atoms with Gasteiger partial charge in [-0.1, -0.05) is 59.8 Å². The molecule has 0 saturated heterocycles. The van der Waals surface area contributed by atoms with Crippen LogP contribution in [0.25, 0.3) is 11.0 Å². The number of hydrogen-bond donors (Lipinski definition) is 0. The van der Waals surface area contributed by atoms with E-state index in [2.05, 4.69) is 5.10 Å². The summed E-state index contributed by atoms with van der Waals surface area (Å²) in [5, 5.41) is 5.54. The first kappa shape index (κ1) is 20.6. The molecule has 8 heteroatoms. The third-order valence-electron chi connectivity index (χ3n) is 4.88. The lowest BCUT2D eigenvalue weighted by Crippen LogP contribution is -2.25. The Hall–Kier alpha value is -2.64. The molecule has 0 aliphatic heterocycles. The van der Waals surface area contributed by atoms with E-state index in [4.69, 9.17) is 16.6 Å². The highest BCUT2D eigenvalue weighted by Gasteiger charge is 2.19. The number of benzene rings is 2. The number of nitrogens with zero attached hydrogens (tertiary/aromatic N) is 4. The Morgan fingerprint density at radius 3 is 2.50 bits per heavy atom. The van der Waals surface area contributed by atoms with Gasteiger partial charge in [-0.15, -0.1) is 0 Å². The summed E-state index contributed by atoms with van der Waals surface area (Å²) in [4.78, 5) is 18.2. The van der Waals surface area contributed by atoms with Gasteiger partial charge in [0.25, 0.3) is 5.56 Å². The van der Waals surface area contributed by atoms with Crippen LogP contribution in [-0.4, -0.2) is 19.3 Å². The van der Waals surface area contributed by atoms with Gasteiger partial charge in [-0.3, -0.25) is 14.0 Å². The topological polar surface area (TPSA) is 52.7 Å². The Labute approximate surface area is 182 Å². The summed E-state index contributed by atoms with van der Waals surface area (Å²) in [7, 11) is 0. The van der Waals surface area contributed by atoms with Crippen molar-refractivity contribution in [3.8, 4) is 0 Å². The second-order valence-electron chi connectivity index (χ2n) is 6.86. The SMILES string of the molecule is CCn1nc(C)c2nc(SCc3ccccc3F)n(Cc3ccccc3Cl)c(=O)c21. The van der Waals surface area contributed by atoms with Gasteiger partial charge in [0.1, 0.15) is 11.3 Å². The molecule has 2 heterocycles. The largest absolute Gasteiger partial charge is 0.281 e. The highest BCUT2D eigenvalue weighted by molar-refractivity contribution is 7.98. The van der Waals surface area contributed by atoms with Crippen LogP contribution in [0.5, 0.6) is 0 Å². The van der Waals surface area contributed by atoms with Gasteiger partial charge < -0.3 is 0 Å². The first-order chi connectivity index (χ1) is 14.5. The fourth-order valence-electron chi connectivity index (χ4n) is 3.32. The van der Waals surface area contributed by atoms with Crippen LogP contribution in [0.15, 0.2) is 58.5 Å². The molecule has 2 aromatic carbocycles. The summed E-state index contributed by atoms with van der Waals surface area (Å²) >= 11 is 7.67. The number of halogens is 2. The first-order valence-electron chi connectivity index (χ1n) is 9.57. The minimum atomic E-state index is -0.277. The van der Waals surface area contributed by atoms with Gasteiger partial charge in [0.2, 0.25) is 0 Å². The van der Waals surface area contributed by atoms with Gasteiger partial charge >= 0.3 is 0 Å². The molecule has 0 spiro atoms. The van der Waals surface area contributed by atoms with Crippen molar-refractivity contribution in [2.75, 3.05) is 0 Å². The molecule has 0 bridgehead atoms. The van der Waals surface area contributed by atoms with Crippen LogP contribution in [0.1, 0.15) is 23.7 Å². The molecule has 154 valence electrons. The van der Waals surface area contributed by atoms with E-state index in [9.17, 15) is 9.18 Å². The lowest BCUT2D eigenvalue weighted by Gasteiger charge is -2.14. The summed E-state index contributed by atoms with van der Waals surface area (Å²) in [6.07, 6.45) is 0. The van der Waals surface area contributed by atoms with Gasteiger partial charge in [-0.25, -0.2) is 9.37 Å². The van der Waals surface area contributed by atoms with E-state index < -0.39 is 0 Å². The number of fused-ring (bicyclic) bond motifs is 1. The fourth-order valence-corrected chi connectivity index (χ4v) is 4.49. The van der Waals surface area contributed by atoms with Crippen LogP contribution in [0.2, 0.25) is 5.02 Å². The van der Waals surface area contributed by atoms with Gasteiger partial charge in [0.05, 0.1) is 12.2 Å². The second kappa shape index (κ2) is 8.62. The molecule has 0 amide bonds. The predicted octanol–water partition coefficient (Wildman–Crippen LogP) is 5.05. The maximum atomic E-state index is 14.1. The third-order valence-corrected chi connectivity index (χ3v) is 6.28. The van der Waals surface area contributed by atoms with Gasteiger partial charge in [0, 0.05) is 17.3 Å². The predicted molar refractivity (Wildman–Crippen MR) is 119 cm³/mol. The number of hydrogen-bond acceptors (Lipinski definition) is 4. The Morgan fingerprint density at radius 2 is 1.80 bits per heavy atom. The zero-order valence-corrected chi connectivity index (χ0v) is 18.2. The van der Waals surface area contributed by atoms with E-state index in [1.807, 2.05) is 32.0 Å². The van der Waals surface area contributed by atoms with Crippen molar-refractivity contribution in [1.29, 1.82) is 0 Å². The second-order valence-corrected chi connectivity index (χ2v) is 8.21. The summed E-state index contributed by atoms with van der Waals surface area (Å²) < 4.78 is 17.4. The molecule has 0 radical (unpaired) electrons. The van der Waals surface area contributed by atoms with Gasteiger partial charge in [0.15, 0.2) is 10.7 Å². The molecule has 0 saturated carbocycles. The van der Waals surface area contributed by atoms with Crippen molar-refractivity contribution in [3.05, 3.63) is 86.5 Å². The zero-order chi connectivity index (χ0) is 21.3. The molecule has 4 aromatic rings. The average molecular weight is 443 g/mol. The highest BCUT2D eigenvalue weighted by atomic mass is 35.5. The van der Waals surface area contributed by atoms with Crippen molar-refractivity contribution in [1.82, 2.24) is 19.3 Å². The van der Waals surface area contributed by atoms with Crippen LogP contribution in [0.4, 0.5) is 4.39 Å². The summed E-state index contributed by atoms with van der Waals surface area (Å²) in [6.45, 7) is 4.61. The molecular formula is C22H20ClFN4OS. The monoisotopic (exact) mass is 442 g/mol. The molecule has 0 atom stereocenters. The van der Waals surface area contributed by atoms with Crippen LogP contribution in [-0.2, 0) is 18.8 Å². The molecule has 0 N–H and O–H groups in total. The summed E-state index contributed by atoms with van der Waals surface area (Å²) in [5.41, 5.74) is 2.93. The van der Waals surface area contributed by atoms with Crippen LogP contribution >= 0.6 is 23.4 Å². The minimum absolute atomic E-state index is 0.182. The van der Waals surface area contributed by atoms with Crippen molar-refractivity contribution in [3.63, 3.8) is 0 Å².